The van der Waals surface area contributed by atoms with E-state index in [1.165, 1.54) is 18.2 Å². The van der Waals surface area contributed by atoms with Gasteiger partial charge < -0.3 is 9.73 Å². The SMILES string of the molecule is Cc1oc(-c2ccccc2F)nc1C[S@](=O)CC(=O)NCc1ccc(F)cc1. The maximum absolute atomic E-state index is 13.9. The molecule has 1 aromatic heterocycles. The number of hydrogen-bond donors (Lipinski definition) is 1. The maximum Gasteiger partial charge on any atom is 0.232 e. The largest absolute Gasteiger partial charge is 0.441 e. The Bertz CT molecular complexity index is 1000. The molecule has 146 valence electrons. The molecule has 1 N–H and O–H groups in total. The first kappa shape index (κ1) is 19.9. The molecule has 0 fully saturated rings. The monoisotopic (exact) mass is 404 g/mol. The van der Waals surface area contributed by atoms with Crippen molar-refractivity contribution in [2.75, 3.05) is 5.75 Å². The number of aromatic nitrogens is 1. The molecule has 8 heteroatoms. The highest BCUT2D eigenvalue weighted by atomic mass is 32.2. The van der Waals surface area contributed by atoms with Crippen molar-refractivity contribution in [3.63, 3.8) is 0 Å². The van der Waals surface area contributed by atoms with Crippen molar-refractivity contribution in [1.29, 1.82) is 0 Å². The highest BCUT2D eigenvalue weighted by Crippen LogP contribution is 2.24. The van der Waals surface area contributed by atoms with Crippen molar-refractivity contribution in [3.8, 4) is 11.5 Å². The van der Waals surface area contributed by atoms with E-state index < -0.39 is 22.5 Å². The Morgan fingerprint density at radius 2 is 1.86 bits per heavy atom. The summed E-state index contributed by atoms with van der Waals surface area (Å²) in [6.45, 7) is 1.87. The van der Waals surface area contributed by atoms with Gasteiger partial charge in [0.1, 0.15) is 23.1 Å². The molecule has 0 aliphatic rings. The number of rotatable bonds is 7. The number of oxazole rings is 1. The standard InChI is InChI=1S/C20H18F2N2O3S/c1-13-18(24-20(27-13)16-4-2-3-5-17(16)22)11-28(26)12-19(25)23-10-14-6-8-15(21)9-7-14/h2-9H,10-12H2,1H3,(H,23,25)/t28-/m0/s1. The average molecular weight is 404 g/mol. The van der Waals surface area contributed by atoms with Crippen LogP contribution in [-0.4, -0.2) is 20.9 Å². The fraction of sp³-hybridized carbons (Fsp3) is 0.200. The number of halogens is 2. The number of nitrogens with one attached hydrogen (secondary N) is 1. The predicted molar refractivity (Wildman–Crippen MR) is 102 cm³/mol. The Labute approximate surface area is 163 Å². The summed E-state index contributed by atoms with van der Waals surface area (Å²) in [6, 6.07) is 11.8. The van der Waals surface area contributed by atoms with Crippen LogP contribution in [0.3, 0.4) is 0 Å². The number of benzene rings is 2. The third kappa shape index (κ3) is 5.10. The third-order valence-corrected chi connectivity index (χ3v) is 5.17. The Kier molecular flexibility index (Phi) is 6.30. The summed E-state index contributed by atoms with van der Waals surface area (Å²) in [7, 11) is -1.51. The molecule has 0 aliphatic carbocycles. The lowest BCUT2D eigenvalue weighted by molar-refractivity contribution is -0.118. The molecule has 0 bridgehead atoms. The van der Waals surface area contributed by atoms with E-state index in [2.05, 4.69) is 10.3 Å². The fourth-order valence-electron chi connectivity index (χ4n) is 2.52. The molecule has 1 atom stereocenters. The van der Waals surface area contributed by atoms with Crippen LogP contribution < -0.4 is 5.32 Å². The van der Waals surface area contributed by atoms with Crippen molar-refractivity contribution in [3.05, 3.63) is 77.2 Å². The summed E-state index contributed by atoms with van der Waals surface area (Å²) in [6.07, 6.45) is 0. The molecular formula is C20H18F2N2O3S. The van der Waals surface area contributed by atoms with Crippen molar-refractivity contribution in [1.82, 2.24) is 10.3 Å². The highest BCUT2D eigenvalue weighted by molar-refractivity contribution is 7.84. The zero-order valence-electron chi connectivity index (χ0n) is 15.1. The lowest BCUT2D eigenvalue weighted by Gasteiger charge is -2.05. The second-order valence-electron chi connectivity index (χ2n) is 6.13. The van der Waals surface area contributed by atoms with Crippen LogP contribution in [-0.2, 0) is 27.9 Å². The Balaban J connectivity index is 1.56. The molecule has 0 unspecified atom stereocenters. The molecular weight excluding hydrogens is 386 g/mol. The predicted octanol–water partition coefficient (Wildman–Crippen LogP) is 3.49. The van der Waals surface area contributed by atoms with Crippen molar-refractivity contribution in [2.24, 2.45) is 0 Å². The number of carbonyl (C=O) groups excluding carboxylic acids is 1. The van der Waals surface area contributed by atoms with Crippen LogP contribution in [0.4, 0.5) is 8.78 Å². The van der Waals surface area contributed by atoms with Crippen LogP contribution in [0, 0.1) is 18.6 Å². The van der Waals surface area contributed by atoms with Crippen LogP contribution in [0.2, 0.25) is 0 Å². The number of nitrogens with zero attached hydrogens (tertiary/aromatic N) is 1. The van der Waals surface area contributed by atoms with E-state index in [1.807, 2.05) is 0 Å². The minimum absolute atomic E-state index is 0.0216. The van der Waals surface area contributed by atoms with Gasteiger partial charge in [-0.25, -0.2) is 13.8 Å². The van der Waals surface area contributed by atoms with Crippen LogP contribution >= 0.6 is 0 Å². The molecule has 2 aromatic carbocycles. The van der Waals surface area contributed by atoms with Crippen LogP contribution in [0.1, 0.15) is 17.0 Å². The molecule has 3 rings (SSSR count). The van der Waals surface area contributed by atoms with Crippen LogP contribution in [0.15, 0.2) is 52.9 Å². The van der Waals surface area contributed by atoms with E-state index in [-0.39, 0.29) is 35.3 Å². The lowest BCUT2D eigenvalue weighted by Crippen LogP contribution is -2.28. The molecule has 5 nitrogen and oxygen atoms in total. The first-order chi connectivity index (χ1) is 13.4. The molecule has 1 amide bonds. The van der Waals surface area contributed by atoms with E-state index in [0.29, 0.717) is 11.5 Å². The lowest BCUT2D eigenvalue weighted by atomic mass is 10.2. The van der Waals surface area contributed by atoms with Crippen molar-refractivity contribution in [2.45, 2.75) is 19.2 Å². The number of carbonyl (C=O) groups is 1. The Hall–Kier alpha value is -2.87. The van der Waals surface area contributed by atoms with Crippen LogP contribution in [0.25, 0.3) is 11.5 Å². The van der Waals surface area contributed by atoms with Gasteiger partial charge in [0.25, 0.3) is 0 Å². The van der Waals surface area contributed by atoms with Gasteiger partial charge >= 0.3 is 0 Å². The first-order valence-corrected chi connectivity index (χ1v) is 9.98. The molecule has 0 saturated carbocycles. The first-order valence-electron chi connectivity index (χ1n) is 8.49. The normalized spacial score (nSPS) is 12.0. The van der Waals surface area contributed by atoms with Gasteiger partial charge in [0.2, 0.25) is 11.8 Å². The van der Waals surface area contributed by atoms with Crippen molar-refractivity contribution >= 4 is 16.7 Å². The van der Waals surface area contributed by atoms with Crippen LogP contribution in [0.5, 0.6) is 0 Å². The number of aryl methyl sites for hydroxylation is 1. The van der Waals surface area contributed by atoms with E-state index in [1.54, 1.807) is 37.3 Å². The van der Waals surface area contributed by atoms with E-state index in [4.69, 9.17) is 4.42 Å². The zero-order valence-corrected chi connectivity index (χ0v) is 15.9. The van der Waals surface area contributed by atoms with E-state index in [9.17, 15) is 17.8 Å². The summed E-state index contributed by atoms with van der Waals surface area (Å²) in [4.78, 5) is 16.2. The Morgan fingerprint density at radius 3 is 2.57 bits per heavy atom. The maximum atomic E-state index is 13.9. The molecule has 0 aliphatic heterocycles. The van der Waals surface area contributed by atoms with Gasteiger partial charge in [-0.05, 0) is 36.8 Å². The number of hydrogen-bond acceptors (Lipinski definition) is 4. The van der Waals surface area contributed by atoms with E-state index in [0.717, 1.165) is 5.56 Å². The molecule has 28 heavy (non-hydrogen) atoms. The van der Waals surface area contributed by atoms with Gasteiger partial charge in [-0.1, -0.05) is 24.3 Å². The molecule has 0 spiro atoms. The number of amides is 1. The smallest absolute Gasteiger partial charge is 0.232 e. The van der Waals surface area contributed by atoms with Gasteiger partial charge in [0.15, 0.2) is 0 Å². The molecule has 0 saturated heterocycles. The second-order valence-corrected chi connectivity index (χ2v) is 7.59. The summed E-state index contributed by atoms with van der Waals surface area (Å²) in [5.74, 6) is -0.846. The van der Waals surface area contributed by atoms with Gasteiger partial charge in [-0.3, -0.25) is 9.00 Å². The summed E-state index contributed by atoms with van der Waals surface area (Å²) < 4.78 is 44.5. The quantitative estimate of drug-likeness (QED) is 0.654. The Morgan fingerprint density at radius 1 is 1.14 bits per heavy atom. The molecule has 0 radical (unpaired) electrons. The summed E-state index contributed by atoms with van der Waals surface area (Å²) in [5.41, 5.74) is 1.38. The van der Waals surface area contributed by atoms with Gasteiger partial charge in [-0.2, -0.15) is 0 Å². The third-order valence-electron chi connectivity index (χ3n) is 3.99. The van der Waals surface area contributed by atoms with Crippen molar-refractivity contribution < 1.29 is 22.2 Å². The molecule has 1 heterocycles. The second kappa shape index (κ2) is 8.88. The average Bonchev–Trinajstić information content (AvgIpc) is 3.01. The van der Waals surface area contributed by atoms with E-state index >= 15 is 0 Å². The summed E-state index contributed by atoms with van der Waals surface area (Å²) in [5, 5.41) is 2.64. The highest BCUT2D eigenvalue weighted by Gasteiger charge is 2.17. The van der Waals surface area contributed by atoms with Gasteiger partial charge in [0, 0.05) is 17.3 Å². The summed E-state index contributed by atoms with van der Waals surface area (Å²) >= 11 is 0. The zero-order chi connectivity index (χ0) is 20.1. The van der Waals surface area contributed by atoms with Gasteiger partial charge in [-0.15, -0.1) is 0 Å². The topological polar surface area (TPSA) is 72.2 Å². The minimum atomic E-state index is -1.51. The van der Waals surface area contributed by atoms with Gasteiger partial charge in [0.05, 0.1) is 17.0 Å². The minimum Gasteiger partial charge on any atom is -0.441 e. The molecule has 3 aromatic rings. The fourth-order valence-corrected chi connectivity index (χ4v) is 3.58.